The molecule has 0 unspecified atom stereocenters. The molecule has 0 aliphatic heterocycles. The first-order valence-corrected chi connectivity index (χ1v) is 5.52. The summed E-state index contributed by atoms with van der Waals surface area (Å²) >= 11 is 0. The van der Waals surface area contributed by atoms with Crippen LogP contribution in [0.4, 0.5) is 0 Å². The maximum absolute atomic E-state index is 11.6. The summed E-state index contributed by atoms with van der Waals surface area (Å²) in [7, 11) is 0. The fourth-order valence-corrected chi connectivity index (χ4v) is 2.83. The van der Waals surface area contributed by atoms with Crippen LogP contribution in [0.25, 0.3) is 0 Å². The van der Waals surface area contributed by atoms with Crippen LogP contribution in [0.15, 0.2) is 12.2 Å². The molecule has 0 heterocycles. The third kappa shape index (κ3) is 1.56. The van der Waals surface area contributed by atoms with Gasteiger partial charge in [0, 0.05) is 12.3 Å². The largest absolute Gasteiger partial charge is 0.299 e. The zero-order chi connectivity index (χ0) is 9.26. The van der Waals surface area contributed by atoms with Gasteiger partial charge in [-0.3, -0.25) is 4.79 Å². The van der Waals surface area contributed by atoms with Gasteiger partial charge in [-0.2, -0.15) is 0 Å². The minimum absolute atomic E-state index is 0.307. The molecule has 0 aromatic carbocycles. The van der Waals surface area contributed by atoms with Gasteiger partial charge in [-0.25, -0.2) is 0 Å². The number of rotatable bonds is 3. The van der Waals surface area contributed by atoms with Crippen molar-refractivity contribution in [2.75, 3.05) is 0 Å². The van der Waals surface area contributed by atoms with Crippen molar-refractivity contribution >= 4 is 5.78 Å². The van der Waals surface area contributed by atoms with Crippen molar-refractivity contribution in [1.82, 2.24) is 0 Å². The molecule has 1 saturated carbocycles. The molecule has 0 amide bonds. The molecule has 0 aromatic heterocycles. The van der Waals surface area contributed by atoms with Gasteiger partial charge in [-0.05, 0) is 24.7 Å². The Labute approximate surface area is 80.2 Å². The fraction of sp³-hybridized carbons (Fsp3) is 0.750. The smallest absolute Gasteiger partial charge is 0.140 e. The molecule has 0 radical (unpaired) electrons. The van der Waals surface area contributed by atoms with Crippen LogP contribution in [-0.2, 0) is 4.79 Å². The zero-order valence-corrected chi connectivity index (χ0v) is 8.33. The van der Waals surface area contributed by atoms with Crippen LogP contribution in [-0.4, -0.2) is 5.78 Å². The summed E-state index contributed by atoms with van der Waals surface area (Å²) in [5, 5.41) is 0. The van der Waals surface area contributed by atoms with Gasteiger partial charge in [0.15, 0.2) is 0 Å². The summed E-state index contributed by atoms with van der Waals surface area (Å²) in [5.41, 5.74) is 0. The van der Waals surface area contributed by atoms with Crippen LogP contribution >= 0.6 is 0 Å². The molecule has 0 N–H and O–H groups in total. The number of fused-ring (bicyclic) bond motifs is 1. The summed E-state index contributed by atoms with van der Waals surface area (Å²) in [4.78, 5) is 11.6. The molecule has 0 bridgehead atoms. The Kier molecular flexibility index (Phi) is 2.52. The van der Waals surface area contributed by atoms with E-state index in [1.54, 1.807) is 0 Å². The van der Waals surface area contributed by atoms with Gasteiger partial charge in [-0.15, -0.1) is 0 Å². The number of allylic oxidation sites excluding steroid dienone is 2. The number of carbonyl (C=O) groups excluding carboxylic acids is 1. The second kappa shape index (κ2) is 3.65. The van der Waals surface area contributed by atoms with Gasteiger partial charge < -0.3 is 0 Å². The average Bonchev–Trinajstić information content (AvgIpc) is 2.67. The third-order valence-corrected chi connectivity index (χ3v) is 3.58. The molecule has 2 aliphatic carbocycles. The van der Waals surface area contributed by atoms with E-state index in [-0.39, 0.29) is 0 Å². The SMILES string of the molecule is CCCC[C@@H]1CC(=O)[C@H]2C=CC[C@@H]12. The Morgan fingerprint density at radius 1 is 1.54 bits per heavy atom. The second-order valence-electron chi connectivity index (χ2n) is 4.43. The van der Waals surface area contributed by atoms with Gasteiger partial charge >= 0.3 is 0 Å². The molecule has 1 nitrogen and oxygen atoms in total. The first kappa shape index (κ1) is 8.98. The number of carbonyl (C=O) groups is 1. The van der Waals surface area contributed by atoms with Crippen molar-refractivity contribution in [2.45, 2.75) is 39.0 Å². The number of Topliss-reactive ketones (excluding diaryl/α,β-unsaturated/α-hetero) is 1. The highest BCUT2D eigenvalue weighted by atomic mass is 16.1. The third-order valence-electron chi connectivity index (χ3n) is 3.58. The highest BCUT2D eigenvalue weighted by Gasteiger charge is 2.41. The predicted molar refractivity (Wildman–Crippen MR) is 53.4 cm³/mol. The van der Waals surface area contributed by atoms with Crippen LogP contribution in [0.5, 0.6) is 0 Å². The van der Waals surface area contributed by atoms with E-state index in [4.69, 9.17) is 0 Å². The van der Waals surface area contributed by atoms with Crippen LogP contribution < -0.4 is 0 Å². The molecule has 0 spiro atoms. The van der Waals surface area contributed by atoms with Crippen molar-refractivity contribution in [1.29, 1.82) is 0 Å². The summed E-state index contributed by atoms with van der Waals surface area (Å²) in [6, 6.07) is 0. The first-order valence-electron chi connectivity index (χ1n) is 5.52. The van der Waals surface area contributed by atoms with Crippen molar-refractivity contribution in [3.8, 4) is 0 Å². The highest BCUT2D eigenvalue weighted by molar-refractivity contribution is 5.86. The topological polar surface area (TPSA) is 17.1 Å². The van der Waals surface area contributed by atoms with Gasteiger partial charge in [-0.1, -0.05) is 31.9 Å². The predicted octanol–water partition coefficient (Wildman–Crippen LogP) is 2.96. The Balaban J connectivity index is 1.96. The maximum atomic E-state index is 11.6. The highest BCUT2D eigenvalue weighted by Crippen LogP contribution is 2.43. The molecule has 3 atom stereocenters. The summed E-state index contributed by atoms with van der Waals surface area (Å²) in [5.74, 6) is 2.19. The van der Waals surface area contributed by atoms with Crippen molar-refractivity contribution in [2.24, 2.45) is 17.8 Å². The normalized spacial score (nSPS) is 37.0. The van der Waals surface area contributed by atoms with E-state index in [0.29, 0.717) is 23.5 Å². The number of unbranched alkanes of at least 4 members (excludes halogenated alkanes) is 1. The first-order chi connectivity index (χ1) is 6.33. The van der Waals surface area contributed by atoms with Gasteiger partial charge in [0.25, 0.3) is 0 Å². The molecule has 72 valence electrons. The van der Waals surface area contributed by atoms with Crippen molar-refractivity contribution < 1.29 is 4.79 Å². The number of hydrogen-bond donors (Lipinski definition) is 0. The van der Waals surface area contributed by atoms with Crippen LogP contribution in [0, 0.1) is 17.8 Å². The van der Waals surface area contributed by atoms with E-state index >= 15 is 0 Å². The molecule has 1 heteroatoms. The van der Waals surface area contributed by atoms with E-state index < -0.39 is 0 Å². The second-order valence-corrected chi connectivity index (χ2v) is 4.43. The minimum Gasteiger partial charge on any atom is -0.299 e. The monoisotopic (exact) mass is 178 g/mol. The maximum Gasteiger partial charge on any atom is 0.140 e. The van der Waals surface area contributed by atoms with Crippen LogP contribution in [0.1, 0.15) is 39.0 Å². The Hall–Kier alpha value is -0.590. The number of ketones is 1. The Morgan fingerprint density at radius 3 is 3.15 bits per heavy atom. The van der Waals surface area contributed by atoms with E-state index in [1.165, 1.54) is 19.3 Å². The lowest BCUT2D eigenvalue weighted by Crippen LogP contribution is -2.10. The summed E-state index contributed by atoms with van der Waals surface area (Å²) in [6.07, 6.45) is 10.2. The molecule has 0 saturated heterocycles. The van der Waals surface area contributed by atoms with Crippen molar-refractivity contribution in [3.63, 3.8) is 0 Å². The summed E-state index contributed by atoms with van der Waals surface area (Å²) in [6.45, 7) is 2.22. The quantitative estimate of drug-likeness (QED) is 0.607. The van der Waals surface area contributed by atoms with Crippen LogP contribution in [0.3, 0.4) is 0 Å². The lowest BCUT2D eigenvalue weighted by Gasteiger charge is -2.16. The van der Waals surface area contributed by atoms with E-state index in [1.807, 2.05) is 0 Å². The molecular formula is C12H18O. The van der Waals surface area contributed by atoms with Crippen molar-refractivity contribution in [3.05, 3.63) is 12.2 Å². The van der Waals surface area contributed by atoms with E-state index in [0.717, 1.165) is 12.8 Å². The lowest BCUT2D eigenvalue weighted by atomic mass is 9.88. The Bertz CT molecular complexity index is 229. The van der Waals surface area contributed by atoms with E-state index in [2.05, 4.69) is 19.1 Å². The van der Waals surface area contributed by atoms with Crippen LogP contribution in [0.2, 0.25) is 0 Å². The average molecular weight is 178 g/mol. The van der Waals surface area contributed by atoms with Gasteiger partial charge in [0.05, 0.1) is 0 Å². The molecule has 2 rings (SSSR count). The van der Waals surface area contributed by atoms with Gasteiger partial charge in [0.2, 0.25) is 0 Å². The lowest BCUT2D eigenvalue weighted by molar-refractivity contribution is -0.119. The minimum atomic E-state index is 0.307. The molecule has 1 fully saturated rings. The standard InChI is InChI=1S/C12H18O/c1-2-3-5-9-8-12(13)11-7-4-6-10(9)11/h4,7,9-11H,2-3,5-6,8H2,1H3/t9-,10+,11+/m1/s1. The van der Waals surface area contributed by atoms with Gasteiger partial charge in [0.1, 0.15) is 5.78 Å². The van der Waals surface area contributed by atoms with E-state index in [9.17, 15) is 4.79 Å². The molecule has 13 heavy (non-hydrogen) atoms. The molecule has 2 aliphatic rings. The zero-order valence-electron chi connectivity index (χ0n) is 8.33. The number of hydrogen-bond acceptors (Lipinski definition) is 1. The Morgan fingerprint density at radius 2 is 2.38 bits per heavy atom. The fourth-order valence-electron chi connectivity index (χ4n) is 2.83. The molecular weight excluding hydrogens is 160 g/mol. The summed E-state index contributed by atoms with van der Waals surface area (Å²) < 4.78 is 0. The molecule has 0 aromatic rings.